The second-order valence-corrected chi connectivity index (χ2v) is 7.29. The van der Waals surface area contributed by atoms with E-state index in [0.717, 1.165) is 35.3 Å². The van der Waals surface area contributed by atoms with Crippen molar-refractivity contribution >= 4 is 0 Å². The van der Waals surface area contributed by atoms with Gasteiger partial charge in [-0.2, -0.15) is 5.06 Å². The van der Waals surface area contributed by atoms with Crippen LogP contribution in [0.1, 0.15) is 43.9 Å². The molecule has 3 N–H and O–H groups in total. The van der Waals surface area contributed by atoms with Crippen molar-refractivity contribution in [1.29, 1.82) is 0 Å². The normalized spacial score (nSPS) is 30.2. The molecule has 0 aromatic carbocycles. The van der Waals surface area contributed by atoms with E-state index in [0.29, 0.717) is 6.54 Å². The molecule has 0 bridgehead atoms. The van der Waals surface area contributed by atoms with Crippen LogP contribution in [0.3, 0.4) is 0 Å². The highest BCUT2D eigenvalue weighted by atomic mass is 19.1. The van der Waals surface area contributed by atoms with E-state index in [4.69, 9.17) is 4.74 Å². The molecule has 1 saturated heterocycles. The van der Waals surface area contributed by atoms with Gasteiger partial charge in [0.1, 0.15) is 6.10 Å². The molecule has 146 valence electrons. The minimum Gasteiger partial charge on any atom is -0.394 e. The minimum absolute atomic E-state index is 0.243. The number of H-pyrrole nitrogens is 1. The molecule has 2 aliphatic rings. The Bertz CT molecular complexity index is 730. The summed E-state index contributed by atoms with van der Waals surface area (Å²) < 4.78 is 21.6. The van der Waals surface area contributed by atoms with E-state index in [-0.39, 0.29) is 11.5 Å². The van der Waals surface area contributed by atoms with Crippen LogP contribution >= 0.6 is 0 Å². The number of aromatic amines is 1. The van der Waals surface area contributed by atoms with E-state index in [1.807, 2.05) is 0 Å². The highest BCUT2D eigenvalue weighted by Gasteiger charge is 2.49. The first-order chi connectivity index (χ1) is 12.4. The number of aromatic nitrogens is 2. The summed E-state index contributed by atoms with van der Waals surface area (Å²) in [5.41, 5.74) is -1.09. The zero-order valence-electron chi connectivity index (χ0n) is 14.8. The molecule has 2 heterocycles. The fourth-order valence-corrected chi connectivity index (χ4v) is 3.97. The van der Waals surface area contributed by atoms with Crippen molar-refractivity contribution in [2.45, 2.75) is 63.6 Å². The molecule has 0 spiro atoms. The molecule has 26 heavy (non-hydrogen) atoms. The smallest absolute Gasteiger partial charge is 0.330 e. The van der Waals surface area contributed by atoms with Crippen LogP contribution in [-0.4, -0.2) is 56.4 Å². The van der Waals surface area contributed by atoms with Gasteiger partial charge in [-0.1, -0.05) is 19.3 Å². The van der Waals surface area contributed by atoms with Gasteiger partial charge in [0.25, 0.3) is 5.56 Å². The molecule has 1 aliphatic heterocycles. The van der Waals surface area contributed by atoms with E-state index in [1.165, 1.54) is 19.5 Å². The molecule has 0 radical (unpaired) electrons. The zero-order valence-corrected chi connectivity index (χ0v) is 14.8. The standard InChI is InChI=1S/C17H26FN3O5/c1-10-7-20(17(24)19-15(10)23)16-13(18)14(12(9-22)26-16)21(25)8-11-5-3-2-4-6-11/h7,11-14,16,22,25H,2-6,8-9H2,1H3,(H,19,23,24)/t12-,13+,14-,16-/m1/s1. The van der Waals surface area contributed by atoms with Crippen molar-refractivity contribution in [3.05, 3.63) is 32.6 Å². The van der Waals surface area contributed by atoms with E-state index >= 15 is 4.39 Å². The summed E-state index contributed by atoms with van der Waals surface area (Å²) in [4.78, 5) is 25.7. The van der Waals surface area contributed by atoms with Gasteiger partial charge in [-0.15, -0.1) is 0 Å². The molecule has 0 unspecified atom stereocenters. The third-order valence-electron chi connectivity index (χ3n) is 5.41. The lowest BCUT2D eigenvalue weighted by molar-refractivity contribution is -0.164. The van der Waals surface area contributed by atoms with Crippen LogP contribution in [0.5, 0.6) is 0 Å². The maximum absolute atomic E-state index is 15.1. The summed E-state index contributed by atoms with van der Waals surface area (Å²) in [6.45, 7) is 1.32. The molecule has 9 heteroatoms. The number of hydrogen-bond acceptors (Lipinski definition) is 6. The zero-order chi connectivity index (χ0) is 18.8. The van der Waals surface area contributed by atoms with E-state index in [2.05, 4.69) is 4.98 Å². The molecule has 3 rings (SSSR count). The van der Waals surface area contributed by atoms with Crippen LogP contribution < -0.4 is 11.2 Å². The maximum Gasteiger partial charge on any atom is 0.330 e. The number of rotatable bonds is 5. The van der Waals surface area contributed by atoms with Crippen LogP contribution in [0.25, 0.3) is 0 Å². The lowest BCUT2D eigenvalue weighted by Gasteiger charge is -2.31. The number of aryl methyl sites for hydroxylation is 1. The van der Waals surface area contributed by atoms with Crippen molar-refractivity contribution in [2.75, 3.05) is 13.2 Å². The summed E-state index contributed by atoms with van der Waals surface area (Å²) >= 11 is 0. The summed E-state index contributed by atoms with van der Waals surface area (Å²) in [6, 6.07) is -1.08. The number of ether oxygens (including phenoxy) is 1. The summed E-state index contributed by atoms with van der Waals surface area (Å²) in [7, 11) is 0. The van der Waals surface area contributed by atoms with Gasteiger partial charge in [0.2, 0.25) is 0 Å². The first kappa shape index (κ1) is 19.2. The SMILES string of the molecule is Cc1cn([C@@H]2O[C@H](CO)[C@@H](N(O)CC3CCCCC3)[C@@H]2F)c(=O)[nH]c1=O. The minimum atomic E-state index is -1.73. The molecule has 1 aromatic heterocycles. The van der Waals surface area contributed by atoms with E-state index in [9.17, 15) is 19.9 Å². The number of alkyl halides is 1. The van der Waals surface area contributed by atoms with E-state index in [1.54, 1.807) is 0 Å². The first-order valence-corrected chi connectivity index (χ1v) is 9.10. The molecular formula is C17H26FN3O5. The van der Waals surface area contributed by atoms with Crippen LogP contribution in [0.15, 0.2) is 15.8 Å². The molecule has 0 amide bonds. The average molecular weight is 371 g/mol. The third kappa shape index (κ3) is 3.75. The maximum atomic E-state index is 15.1. The Kier molecular flexibility index (Phi) is 5.91. The van der Waals surface area contributed by atoms with E-state index < -0.39 is 42.4 Å². The van der Waals surface area contributed by atoms with Gasteiger partial charge in [0.15, 0.2) is 12.4 Å². The van der Waals surface area contributed by atoms with Crippen LogP contribution in [0.2, 0.25) is 0 Å². The van der Waals surface area contributed by atoms with Crippen molar-refractivity contribution in [3.8, 4) is 0 Å². The van der Waals surface area contributed by atoms with Gasteiger partial charge in [0, 0.05) is 18.3 Å². The average Bonchev–Trinajstić information content (AvgIpc) is 2.95. The number of hydrogen-bond donors (Lipinski definition) is 3. The highest BCUT2D eigenvalue weighted by molar-refractivity contribution is 5.04. The predicted molar refractivity (Wildman–Crippen MR) is 90.8 cm³/mol. The fourth-order valence-electron chi connectivity index (χ4n) is 3.97. The first-order valence-electron chi connectivity index (χ1n) is 9.10. The number of aliphatic hydroxyl groups excluding tert-OH is 1. The lowest BCUT2D eigenvalue weighted by Crippen LogP contribution is -2.48. The highest BCUT2D eigenvalue weighted by Crippen LogP contribution is 2.35. The molecule has 1 aliphatic carbocycles. The van der Waals surface area contributed by atoms with Crippen molar-refractivity contribution < 1.29 is 19.4 Å². The summed E-state index contributed by atoms with van der Waals surface area (Å²) in [5.74, 6) is 0.275. The van der Waals surface area contributed by atoms with Crippen molar-refractivity contribution in [1.82, 2.24) is 14.6 Å². The number of nitrogens with one attached hydrogen (secondary N) is 1. The fraction of sp³-hybridized carbons (Fsp3) is 0.765. The topological polar surface area (TPSA) is 108 Å². The number of hydroxylamine groups is 2. The number of aliphatic hydroxyl groups is 1. The van der Waals surface area contributed by atoms with Gasteiger partial charge in [-0.3, -0.25) is 14.3 Å². The molecule has 8 nitrogen and oxygen atoms in total. The quantitative estimate of drug-likeness (QED) is 0.658. The summed E-state index contributed by atoms with van der Waals surface area (Å²) in [6.07, 6.45) is 2.54. The number of nitrogens with zero attached hydrogens (tertiary/aromatic N) is 2. The molecule has 2 fully saturated rings. The van der Waals surface area contributed by atoms with Crippen molar-refractivity contribution in [3.63, 3.8) is 0 Å². The Balaban J connectivity index is 1.80. The molecule has 1 saturated carbocycles. The Morgan fingerprint density at radius 2 is 2.04 bits per heavy atom. The molecular weight excluding hydrogens is 345 g/mol. The van der Waals surface area contributed by atoms with Gasteiger partial charge >= 0.3 is 5.69 Å². The van der Waals surface area contributed by atoms with Crippen LogP contribution in [-0.2, 0) is 4.74 Å². The molecule has 4 atom stereocenters. The monoisotopic (exact) mass is 371 g/mol. The Hall–Kier alpha value is -1.55. The van der Waals surface area contributed by atoms with Crippen LogP contribution in [0.4, 0.5) is 4.39 Å². The Morgan fingerprint density at radius 1 is 1.35 bits per heavy atom. The molecule has 1 aromatic rings. The second-order valence-electron chi connectivity index (χ2n) is 7.29. The largest absolute Gasteiger partial charge is 0.394 e. The third-order valence-corrected chi connectivity index (χ3v) is 5.41. The summed E-state index contributed by atoms with van der Waals surface area (Å²) in [5, 5.41) is 21.0. The van der Waals surface area contributed by atoms with Crippen molar-refractivity contribution in [2.24, 2.45) is 5.92 Å². The Labute approximate surface area is 150 Å². The Morgan fingerprint density at radius 3 is 2.69 bits per heavy atom. The number of halogens is 1. The lowest BCUT2D eigenvalue weighted by atomic mass is 9.89. The van der Waals surface area contributed by atoms with Crippen LogP contribution in [0, 0.1) is 12.8 Å². The second kappa shape index (κ2) is 7.99. The van der Waals surface area contributed by atoms with Gasteiger partial charge in [-0.05, 0) is 25.7 Å². The van der Waals surface area contributed by atoms with Gasteiger partial charge < -0.3 is 15.1 Å². The van der Waals surface area contributed by atoms with Gasteiger partial charge in [0.05, 0.1) is 12.6 Å². The predicted octanol–water partition coefficient (Wildman–Crippen LogP) is 0.713. The van der Waals surface area contributed by atoms with Gasteiger partial charge in [-0.25, -0.2) is 9.18 Å².